The maximum atomic E-state index is 9.42. The van der Waals surface area contributed by atoms with Crippen LogP contribution in [-0.2, 0) is 0 Å². The monoisotopic (exact) mass is 266 g/mol. The molecule has 0 aromatic heterocycles. The first-order chi connectivity index (χ1) is 6.11. The molecule has 1 rings (SSSR count). The van der Waals surface area contributed by atoms with Crippen LogP contribution in [0.25, 0.3) is 0 Å². The van der Waals surface area contributed by atoms with Crippen molar-refractivity contribution < 1.29 is 14.6 Å². The van der Waals surface area contributed by atoms with Gasteiger partial charge in [0.05, 0.1) is 18.7 Å². The van der Waals surface area contributed by atoms with Gasteiger partial charge in [-0.2, -0.15) is 0 Å². The molecule has 0 heterocycles. The lowest BCUT2D eigenvalue weighted by molar-refractivity contribution is 0.351. The topological polar surface area (TPSA) is 38.7 Å². The Hall–Kier alpha value is -0.610. The van der Waals surface area contributed by atoms with Gasteiger partial charge in [0.15, 0.2) is 17.2 Å². The van der Waals surface area contributed by atoms with E-state index in [1.54, 1.807) is 6.07 Å². The van der Waals surface area contributed by atoms with E-state index in [-0.39, 0.29) is 10.8 Å². The minimum Gasteiger partial charge on any atom is -0.505 e. The highest BCUT2D eigenvalue weighted by atomic mass is 79.9. The van der Waals surface area contributed by atoms with Gasteiger partial charge in [-0.25, -0.2) is 0 Å². The van der Waals surface area contributed by atoms with E-state index < -0.39 is 0 Å². The molecule has 1 N–H and O–H groups in total. The van der Waals surface area contributed by atoms with Crippen molar-refractivity contribution in [3.63, 3.8) is 0 Å². The van der Waals surface area contributed by atoms with Gasteiger partial charge in [-0.3, -0.25) is 0 Å². The van der Waals surface area contributed by atoms with E-state index in [2.05, 4.69) is 15.9 Å². The molecule has 72 valence electrons. The molecule has 0 aliphatic carbocycles. The second-order valence-electron chi connectivity index (χ2n) is 2.26. The molecule has 0 bridgehead atoms. The smallest absolute Gasteiger partial charge is 0.183 e. The van der Waals surface area contributed by atoms with E-state index in [0.29, 0.717) is 16.0 Å². The van der Waals surface area contributed by atoms with Crippen LogP contribution in [-0.4, -0.2) is 19.3 Å². The standard InChI is InChI=1S/C8H8BrClO3/c1-12-5-3-4(9)7(11)6(10)8(5)13-2/h3,11H,1-2H3. The molecule has 13 heavy (non-hydrogen) atoms. The predicted octanol–water partition coefficient (Wildman–Crippen LogP) is 2.83. The van der Waals surface area contributed by atoms with Crippen molar-refractivity contribution in [2.24, 2.45) is 0 Å². The van der Waals surface area contributed by atoms with Gasteiger partial charge in [0.25, 0.3) is 0 Å². The lowest BCUT2D eigenvalue weighted by Gasteiger charge is -2.11. The van der Waals surface area contributed by atoms with Crippen molar-refractivity contribution in [3.05, 3.63) is 15.6 Å². The lowest BCUT2D eigenvalue weighted by Crippen LogP contribution is -1.91. The Bertz CT molecular complexity index is 328. The quantitative estimate of drug-likeness (QED) is 0.895. The average molecular weight is 268 g/mol. The Morgan fingerprint density at radius 1 is 1.38 bits per heavy atom. The fourth-order valence-corrected chi connectivity index (χ4v) is 1.70. The highest BCUT2D eigenvalue weighted by molar-refractivity contribution is 9.10. The summed E-state index contributed by atoms with van der Waals surface area (Å²) in [6, 6.07) is 1.58. The van der Waals surface area contributed by atoms with Crippen molar-refractivity contribution in [2.75, 3.05) is 14.2 Å². The minimum absolute atomic E-state index is 0.0562. The highest BCUT2D eigenvalue weighted by Crippen LogP contribution is 2.45. The maximum absolute atomic E-state index is 9.42. The fourth-order valence-electron chi connectivity index (χ4n) is 0.911. The number of halogens is 2. The summed E-state index contributed by atoms with van der Waals surface area (Å²) in [7, 11) is 2.95. The van der Waals surface area contributed by atoms with Gasteiger partial charge in [0, 0.05) is 6.07 Å². The molecule has 0 amide bonds. The Morgan fingerprint density at radius 2 is 2.00 bits per heavy atom. The number of benzene rings is 1. The van der Waals surface area contributed by atoms with E-state index in [4.69, 9.17) is 21.1 Å². The predicted molar refractivity (Wildman–Crippen MR) is 53.9 cm³/mol. The van der Waals surface area contributed by atoms with Crippen LogP contribution >= 0.6 is 27.5 Å². The number of hydrogen-bond donors (Lipinski definition) is 1. The van der Waals surface area contributed by atoms with Gasteiger partial charge in [0.2, 0.25) is 0 Å². The molecule has 1 aromatic rings. The first-order valence-electron chi connectivity index (χ1n) is 3.40. The molecule has 0 aliphatic rings. The molecular formula is C8H8BrClO3. The van der Waals surface area contributed by atoms with E-state index >= 15 is 0 Å². The summed E-state index contributed by atoms with van der Waals surface area (Å²) in [4.78, 5) is 0. The molecular weight excluding hydrogens is 259 g/mol. The number of aromatic hydroxyl groups is 1. The van der Waals surface area contributed by atoms with Gasteiger partial charge >= 0.3 is 0 Å². The summed E-state index contributed by atoms with van der Waals surface area (Å²) in [5, 5.41) is 9.56. The van der Waals surface area contributed by atoms with E-state index in [9.17, 15) is 5.11 Å². The third-order valence-electron chi connectivity index (χ3n) is 1.54. The molecule has 0 unspecified atom stereocenters. The van der Waals surface area contributed by atoms with Gasteiger partial charge < -0.3 is 14.6 Å². The van der Waals surface area contributed by atoms with Crippen molar-refractivity contribution >= 4 is 27.5 Å². The summed E-state index contributed by atoms with van der Waals surface area (Å²) < 4.78 is 10.4. The third-order valence-corrected chi connectivity index (χ3v) is 2.49. The van der Waals surface area contributed by atoms with Crippen LogP contribution in [0.15, 0.2) is 10.5 Å². The zero-order valence-corrected chi connectivity index (χ0v) is 9.44. The number of phenols is 1. The highest BCUT2D eigenvalue weighted by Gasteiger charge is 2.15. The first kappa shape index (κ1) is 10.5. The molecule has 0 radical (unpaired) electrons. The van der Waals surface area contributed by atoms with Gasteiger partial charge in [-0.15, -0.1) is 0 Å². The molecule has 1 aromatic carbocycles. The van der Waals surface area contributed by atoms with Gasteiger partial charge in [-0.1, -0.05) is 11.6 Å². The normalized spacial score (nSPS) is 9.85. The van der Waals surface area contributed by atoms with E-state index in [0.717, 1.165) is 0 Å². The molecule has 0 fully saturated rings. The van der Waals surface area contributed by atoms with E-state index in [1.807, 2.05) is 0 Å². The first-order valence-corrected chi connectivity index (χ1v) is 4.57. The van der Waals surface area contributed by atoms with Crippen LogP contribution in [0.5, 0.6) is 17.2 Å². The summed E-state index contributed by atoms with van der Waals surface area (Å²) in [6.07, 6.45) is 0. The second kappa shape index (κ2) is 4.07. The van der Waals surface area contributed by atoms with Crippen molar-refractivity contribution in [1.29, 1.82) is 0 Å². The largest absolute Gasteiger partial charge is 0.505 e. The molecule has 0 saturated carbocycles. The van der Waals surface area contributed by atoms with Crippen molar-refractivity contribution in [3.8, 4) is 17.2 Å². The van der Waals surface area contributed by atoms with Gasteiger partial charge in [-0.05, 0) is 15.9 Å². The molecule has 0 spiro atoms. The zero-order valence-electron chi connectivity index (χ0n) is 7.10. The summed E-state index contributed by atoms with van der Waals surface area (Å²) in [5.41, 5.74) is 0. The Kier molecular flexibility index (Phi) is 3.27. The zero-order chi connectivity index (χ0) is 10.0. The molecule has 0 atom stereocenters. The molecule has 0 aliphatic heterocycles. The summed E-state index contributed by atoms with van der Waals surface area (Å²) >= 11 is 8.93. The average Bonchev–Trinajstić information content (AvgIpc) is 2.13. The van der Waals surface area contributed by atoms with Crippen LogP contribution in [0, 0.1) is 0 Å². The number of rotatable bonds is 2. The Morgan fingerprint density at radius 3 is 2.46 bits per heavy atom. The second-order valence-corrected chi connectivity index (χ2v) is 3.49. The Balaban J connectivity index is 3.39. The van der Waals surface area contributed by atoms with Crippen LogP contribution in [0.3, 0.4) is 0 Å². The minimum atomic E-state index is -0.0562. The van der Waals surface area contributed by atoms with Crippen LogP contribution in [0.2, 0.25) is 5.02 Å². The van der Waals surface area contributed by atoms with Crippen LogP contribution in [0.4, 0.5) is 0 Å². The van der Waals surface area contributed by atoms with Crippen molar-refractivity contribution in [1.82, 2.24) is 0 Å². The third kappa shape index (κ3) is 1.84. The Labute approximate surface area is 89.4 Å². The van der Waals surface area contributed by atoms with Crippen molar-refractivity contribution in [2.45, 2.75) is 0 Å². The number of methoxy groups -OCH3 is 2. The molecule has 5 heteroatoms. The number of hydrogen-bond acceptors (Lipinski definition) is 3. The molecule has 3 nitrogen and oxygen atoms in total. The van der Waals surface area contributed by atoms with Crippen LogP contribution < -0.4 is 9.47 Å². The van der Waals surface area contributed by atoms with Gasteiger partial charge in [0.1, 0.15) is 5.02 Å². The summed E-state index contributed by atoms with van der Waals surface area (Å²) in [5.74, 6) is 0.737. The number of phenolic OH excluding ortho intramolecular Hbond substituents is 1. The lowest BCUT2D eigenvalue weighted by atomic mass is 10.3. The fraction of sp³-hybridized carbons (Fsp3) is 0.250. The number of ether oxygens (including phenoxy) is 2. The SMILES string of the molecule is COc1cc(Br)c(O)c(Cl)c1OC. The summed E-state index contributed by atoms with van der Waals surface area (Å²) in [6.45, 7) is 0. The molecule has 0 saturated heterocycles. The van der Waals surface area contributed by atoms with E-state index in [1.165, 1.54) is 14.2 Å². The maximum Gasteiger partial charge on any atom is 0.183 e. The van der Waals surface area contributed by atoms with Crippen LogP contribution in [0.1, 0.15) is 0 Å².